The molecule has 0 aromatic carbocycles. The topological polar surface area (TPSA) is 82.1 Å². The molecule has 0 bridgehead atoms. The predicted octanol–water partition coefficient (Wildman–Crippen LogP) is 1.45. The Morgan fingerprint density at radius 1 is 1.07 bits per heavy atom. The van der Waals surface area contributed by atoms with Gasteiger partial charge in [0, 0.05) is 13.0 Å². The van der Waals surface area contributed by atoms with Crippen LogP contribution in [0.2, 0.25) is 0 Å². The largest absolute Gasteiger partial charge is 1.00 e. The molecule has 1 aliphatic heterocycles. The van der Waals surface area contributed by atoms with Crippen LogP contribution in [0.15, 0.2) is 0 Å². The van der Waals surface area contributed by atoms with Crippen molar-refractivity contribution in [3.8, 4) is 0 Å². The summed E-state index contributed by atoms with van der Waals surface area (Å²) in [6.45, 7) is 5.41. The summed E-state index contributed by atoms with van der Waals surface area (Å²) in [5.41, 5.74) is 0. The van der Waals surface area contributed by atoms with E-state index in [9.17, 15) is 8.42 Å². The summed E-state index contributed by atoms with van der Waals surface area (Å²) in [6.07, 6.45) is 12.7. The molecule has 158 valence electrons. The molecule has 8 heteroatoms. The Kier molecular flexibility index (Phi) is 16.1. The van der Waals surface area contributed by atoms with Crippen molar-refractivity contribution in [3.05, 3.63) is 0 Å². The first-order chi connectivity index (χ1) is 12.3. The maximum absolute atomic E-state index is 10.6. The number of hydrogen-bond donors (Lipinski definition) is 1. The van der Waals surface area contributed by atoms with Gasteiger partial charge in [-0.3, -0.25) is 4.55 Å². The van der Waals surface area contributed by atoms with Gasteiger partial charge < -0.3 is 15.6 Å². The van der Waals surface area contributed by atoms with E-state index in [2.05, 4.69) is 6.92 Å². The second kappa shape index (κ2) is 15.6. The summed E-state index contributed by atoms with van der Waals surface area (Å²) in [5.74, 6) is -0.797. The molecule has 1 rings (SSSR count). The van der Waals surface area contributed by atoms with Crippen molar-refractivity contribution in [1.82, 2.24) is 0 Å². The molecule has 2 atom stereocenters. The van der Waals surface area contributed by atoms with Gasteiger partial charge >= 0.3 is 29.6 Å². The fraction of sp³-hybridized carbons (Fsp3) is 1.00. The summed E-state index contributed by atoms with van der Waals surface area (Å²) in [7, 11) is -3.90. The van der Waals surface area contributed by atoms with Gasteiger partial charge in [0.15, 0.2) is 5.79 Å². The normalized spacial score (nSPS) is 22.7. The predicted molar refractivity (Wildman–Crippen MR) is 104 cm³/mol. The number of rotatable bonds is 16. The number of unbranched alkanes of at least 4 members (excludes halogenated alkanes) is 8. The van der Waals surface area contributed by atoms with Crippen LogP contribution in [0.4, 0.5) is 0 Å². The molecule has 0 radical (unpaired) electrons. The fourth-order valence-electron chi connectivity index (χ4n) is 3.22. The summed E-state index contributed by atoms with van der Waals surface area (Å²) in [5, 5.41) is 0. The van der Waals surface area contributed by atoms with Gasteiger partial charge in [-0.05, 0) is 19.8 Å². The first-order valence-electron chi connectivity index (χ1n) is 10.2. The molecular formula is C19H39NaO6S. The van der Waals surface area contributed by atoms with Crippen LogP contribution in [0.25, 0.3) is 0 Å². The van der Waals surface area contributed by atoms with Crippen LogP contribution in [0.1, 0.15) is 85.9 Å². The number of hydrogen-bond acceptors (Lipinski definition) is 5. The van der Waals surface area contributed by atoms with Crippen molar-refractivity contribution in [2.24, 2.45) is 0 Å². The fourth-order valence-corrected chi connectivity index (χ4v) is 3.70. The minimum absolute atomic E-state index is 0. The van der Waals surface area contributed by atoms with Crippen molar-refractivity contribution in [1.29, 1.82) is 0 Å². The minimum atomic E-state index is -3.90. The smallest absolute Gasteiger partial charge is 1.00 e. The molecule has 2 unspecified atom stereocenters. The second-order valence-corrected chi connectivity index (χ2v) is 9.05. The third kappa shape index (κ3) is 15.3. The van der Waals surface area contributed by atoms with Gasteiger partial charge in [0.25, 0.3) is 10.1 Å². The average Bonchev–Trinajstić information content (AvgIpc) is 2.93. The standard InChI is InChI=1S/C19H38O6S.Na.H/c1-3-4-5-6-7-8-9-10-11-13-19(2)24-17-18(25-19)16-23-14-12-15-26(20,21)22;;/h18H,3-17H2,1-2H3,(H,20,21,22);;/q;+1;-1. The quantitative estimate of drug-likeness (QED) is 0.232. The van der Waals surface area contributed by atoms with E-state index in [-0.39, 0.29) is 55.9 Å². The molecule has 0 aliphatic carbocycles. The summed E-state index contributed by atoms with van der Waals surface area (Å²) >= 11 is 0. The van der Waals surface area contributed by atoms with Crippen LogP contribution in [-0.2, 0) is 24.3 Å². The van der Waals surface area contributed by atoms with Crippen LogP contribution >= 0.6 is 0 Å². The minimum Gasteiger partial charge on any atom is -1.00 e. The van der Waals surface area contributed by atoms with Gasteiger partial charge in [-0.1, -0.05) is 58.3 Å². The molecule has 0 spiro atoms. The molecule has 0 saturated carbocycles. The van der Waals surface area contributed by atoms with Crippen LogP contribution in [0.5, 0.6) is 0 Å². The Morgan fingerprint density at radius 2 is 1.67 bits per heavy atom. The third-order valence-corrected chi connectivity index (χ3v) is 5.52. The van der Waals surface area contributed by atoms with Crippen LogP contribution < -0.4 is 29.6 Å². The van der Waals surface area contributed by atoms with Crippen molar-refractivity contribution in [3.63, 3.8) is 0 Å². The molecular weight excluding hydrogens is 379 g/mol. The summed E-state index contributed by atoms with van der Waals surface area (Å²) in [6, 6.07) is 0. The van der Waals surface area contributed by atoms with Crippen LogP contribution in [-0.4, -0.2) is 50.4 Å². The molecule has 1 saturated heterocycles. The van der Waals surface area contributed by atoms with Crippen LogP contribution in [0.3, 0.4) is 0 Å². The molecule has 0 aromatic rings. The van der Waals surface area contributed by atoms with E-state index in [1.165, 1.54) is 51.4 Å². The monoisotopic (exact) mass is 418 g/mol. The Morgan fingerprint density at radius 3 is 2.26 bits per heavy atom. The SMILES string of the molecule is CCCCCCCCCCCC1(C)OCC(COCCCS(=O)(=O)O)O1.[H-].[Na+]. The van der Waals surface area contributed by atoms with Crippen molar-refractivity contribution >= 4 is 10.1 Å². The van der Waals surface area contributed by atoms with E-state index in [0.29, 0.717) is 13.2 Å². The van der Waals surface area contributed by atoms with Crippen molar-refractivity contribution in [2.75, 3.05) is 25.6 Å². The van der Waals surface area contributed by atoms with Gasteiger partial charge in [0.1, 0.15) is 6.10 Å². The second-order valence-electron chi connectivity index (χ2n) is 7.48. The Labute approximate surface area is 189 Å². The van der Waals surface area contributed by atoms with Crippen LogP contribution in [0, 0.1) is 0 Å². The first-order valence-corrected chi connectivity index (χ1v) is 11.8. The molecule has 1 N–H and O–H groups in total. The van der Waals surface area contributed by atoms with Gasteiger partial charge in [0.2, 0.25) is 0 Å². The third-order valence-electron chi connectivity index (χ3n) is 4.72. The summed E-state index contributed by atoms with van der Waals surface area (Å²) in [4.78, 5) is 0. The molecule has 1 fully saturated rings. The summed E-state index contributed by atoms with van der Waals surface area (Å²) < 4.78 is 47.1. The van der Waals surface area contributed by atoms with Crippen molar-refractivity contribution < 1.29 is 58.2 Å². The van der Waals surface area contributed by atoms with Crippen molar-refractivity contribution in [2.45, 2.75) is 96.4 Å². The Bertz CT molecular complexity index is 465. The Hall–Kier alpha value is 0.790. The van der Waals surface area contributed by atoms with Gasteiger partial charge in [-0.25, -0.2) is 0 Å². The zero-order valence-electron chi connectivity index (χ0n) is 18.6. The maximum Gasteiger partial charge on any atom is 1.00 e. The van der Waals surface area contributed by atoms with E-state index >= 15 is 0 Å². The van der Waals surface area contributed by atoms with Gasteiger partial charge in [0.05, 0.1) is 19.0 Å². The number of ether oxygens (including phenoxy) is 3. The van der Waals surface area contributed by atoms with E-state index < -0.39 is 15.9 Å². The average molecular weight is 419 g/mol. The van der Waals surface area contributed by atoms with E-state index in [1.54, 1.807) is 0 Å². The van der Waals surface area contributed by atoms with Gasteiger partial charge in [-0.15, -0.1) is 0 Å². The maximum atomic E-state index is 10.6. The molecule has 27 heavy (non-hydrogen) atoms. The van der Waals surface area contributed by atoms with E-state index in [0.717, 1.165) is 12.8 Å². The molecule has 6 nitrogen and oxygen atoms in total. The zero-order chi connectivity index (χ0) is 19.3. The van der Waals surface area contributed by atoms with Gasteiger partial charge in [-0.2, -0.15) is 8.42 Å². The first kappa shape index (κ1) is 27.8. The van der Waals surface area contributed by atoms with E-state index in [1.807, 2.05) is 6.92 Å². The Balaban J connectivity index is 0. The molecule has 1 aliphatic rings. The van der Waals surface area contributed by atoms with E-state index in [4.69, 9.17) is 18.8 Å². The molecule has 0 aromatic heterocycles. The molecule has 1 heterocycles. The molecule has 0 amide bonds. The zero-order valence-corrected chi connectivity index (χ0v) is 20.4.